The SMILES string of the molecule is CC(C)N(C(C)C)C(CCC#N)NP(O)O. The van der Waals surface area contributed by atoms with Crippen LogP contribution in [0.5, 0.6) is 0 Å². The van der Waals surface area contributed by atoms with Crippen molar-refractivity contribution in [3.8, 4) is 6.07 Å². The Morgan fingerprint density at radius 1 is 1.25 bits per heavy atom. The first-order chi connectivity index (χ1) is 7.40. The third kappa shape index (κ3) is 5.74. The Kier molecular flexibility index (Phi) is 7.82. The molecular weight excluding hydrogens is 225 g/mol. The summed E-state index contributed by atoms with van der Waals surface area (Å²) in [6.07, 6.45) is 0.824. The van der Waals surface area contributed by atoms with Crippen molar-refractivity contribution in [1.82, 2.24) is 9.99 Å². The lowest BCUT2D eigenvalue weighted by Crippen LogP contribution is -2.50. The molecule has 0 aliphatic heterocycles. The van der Waals surface area contributed by atoms with E-state index in [0.717, 1.165) is 0 Å². The van der Waals surface area contributed by atoms with Crippen LogP contribution < -0.4 is 5.09 Å². The van der Waals surface area contributed by atoms with Crippen LogP contribution in [0.4, 0.5) is 0 Å². The Hall–Kier alpha value is -0.240. The van der Waals surface area contributed by atoms with Crippen molar-refractivity contribution in [2.24, 2.45) is 0 Å². The number of nitriles is 1. The molecule has 1 atom stereocenters. The van der Waals surface area contributed by atoms with E-state index in [1.807, 2.05) is 0 Å². The second-order valence-electron chi connectivity index (χ2n) is 4.27. The molecule has 0 saturated heterocycles. The van der Waals surface area contributed by atoms with Crippen LogP contribution in [0.15, 0.2) is 0 Å². The minimum atomic E-state index is -2.14. The molecule has 6 heteroatoms. The highest BCUT2D eigenvalue weighted by Crippen LogP contribution is 2.23. The van der Waals surface area contributed by atoms with E-state index in [9.17, 15) is 0 Å². The van der Waals surface area contributed by atoms with E-state index >= 15 is 0 Å². The largest absolute Gasteiger partial charge is 0.338 e. The molecule has 0 aliphatic rings. The lowest BCUT2D eigenvalue weighted by Gasteiger charge is -2.38. The zero-order valence-corrected chi connectivity index (χ0v) is 11.3. The molecule has 0 fully saturated rings. The van der Waals surface area contributed by atoms with Gasteiger partial charge in [-0.05, 0) is 34.1 Å². The molecule has 16 heavy (non-hydrogen) atoms. The Morgan fingerprint density at radius 3 is 2.06 bits per heavy atom. The number of rotatable bonds is 7. The van der Waals surface area contributed by atoms with Gasteiger partial charge in [-0.2, -0.15) is 5.26 Å². The third-order valence-corrected chi connectivity index (χ3v) is 2.88. The van der Waals surface area contributed by atoms with Crippen molar-refractivity contribution in [3.05, 3.63) is 0 Å². The molecule has 0 bridgehead atoms. The van der Waals surface area contributed by atoms with E-state index < -0.39 is 8.53 Å². The van der Waals surface area contributed by atoms with Gasteiger partial charge in [0.2, 0.25) is 0 Å². The monoisotopic (exact) mass is 247 g/mol. The normalized spacial score (nSPS) is 13.8. The Bertz CT molecular complexity index is 221. The summed E-state index contributed by atoms with van der Waals surface area (Å²) in [5.41, 5.74) is 0. The van der Waals surface area contributed by atoms with E-state index in [2.05, 4.69) is 43.8 Å². The van der Waals surface area contributed by atoms with Crippen LogP contribution in [0.3, 0.4) is 0 Å². The summed E-state index contributed by atoms with van der Waals surface area (Å²) < 4.78 is 0. The molecule has 0 saturated carbocycles. The highest BCUT2D eigenvalue weighted by atomic mass is 31.2. The predicted molar refractivity (Wildman–Crippen MR) is 65.2 cm³/mol. The van der Waals surface area contributed by atoms with Crippen LogP contribution in [0.25, 0.3) is 0 Å². The second-order valence-corrected chi connectivity index (χ2v) is 5.10. The minimum absolute atomic E-state index is 0.166. The lowest BCUT2D eigenvalue weighted by atomic mass is 10.1. The molecule has 0 aromatic heterocycles. The van der Waals surface area contributed by atoms with Crippen molar-refractivity contribution in [1.29, 1.82) is 5.26 Å². The molecular formula is C10H22N3O2P. The van der Waals surface area contributed by atoms with Gasteiger partial charge in [0.25, 0.3) is 8.53 Å². The lowest BCUT2D eigenvalue weighted by molar-refractivity contribution is 0.0970. The second kappa shape index (κ2) is 7.94. The van der Waals surface area contributed by atoms with Crippen LogP contribution in [0, 0.1) is 11.3 Å². The van der Waals surface area contributed by atoms with Crippen LogP contribution in [0.1, 0.15) is 40.5 Å². The summed E-state index contributed by atoms with van der Waals surface area (Å²) in [6.45, 7) is 8.21. The van der Waals surface area contributed by atoms with Crippen LogP contribution in [-0.2, 0) is 0 Å². The molecule has 0 rings (SSSR count). The average Bonchev–Trinajstić information content (AvgIpc) is 2.11. The van der Waals surface area contributed by atoms with E-state index in [1.54, 1.807) is 0 Å². The zero-order valence-electron chi connectivity index (χ0n) is 10.4. The molecule has 0 aromatic rings. The highest BCUT2D eigenvalue weighted by molar-refractivity contribution is 7.42. The van der Waals surface area contributed by atoms with Crippen molar-refractivity contribution < 1.29 is 9.79 Å². The molecule has 0 amide bonds. The summed E-state index contributed by atoms with van der Waals surface area (Å²) in [4.78, 5) is 20.2. The summed E-state index contributed by atoms with van der Waals surface area (Å²) in [5.74, 6) is 0. The van der Waals surface area contributed by atoms with Crippen molar-refractivity contribution in [3.63, 3.8) is 0 Å². The number of nitrogens with one attached hydrogen (secondary N) is 1. The fourth-order valence-electron chi connectivity index (χ4n) is 1.93. The van der Waals surface area contributed by atoms with Gasteiger partial charge in [-0.15, -0.1) is 0 Å². The summed E-state index contributed by atoms with van der Waals surface area (Å²) in [7, 11) is -2.14. The molecule has 0 aliphatic carbocycles. The smallest absolute Gasteiger partial charge is 0.251 e. The van der Waals surface area contributed by atoms with Gasteiger partial charge in [0, 0.05) is 18.5 Å². The third-order valence-electron chi connectivity index (χ3n) is 2.35. The average molecular weight is 247 g/mol. The van der Waals surface area contributed by atoms with Crippen molar-refractivity contribution in [2.75, 3.05) is 0 Å². The highest BCUT2D eigenvalue weighted by Gasteiger charge is 2.24. The van der Waals surface area contributed by atoms with Crippen LogP contribution >= 0.6 is 8.53 Å². The van der Waals surface area contributed by atoms with Gasteiger partial charge in [0.1, 0.15) is 0 Å². The predicted octanol–water partition coefficient (Wildman–Crippen LogP) is 1.54. The van der Waals surface area contributed by atoms with E-state index in [1.165, 1.54) is 0 Å². The molecule has 0 heterocycles. The van der Waals surface area contributed by atoms with Gasteiger partial charge in [-0.25, -0.2) is 5.09 Å². The fourth-order valence-corrected chi connectivity index (χ4v) is 2.46. The summed E-state index contributed by atoms with van der Waals surface area (Å²) in [6, 6.07) is 2.65. The van der Waals surface area contributed by atoms with E-state index in [-0.39, 0.29) is 18.2 Å². The summed E-state index contributed by atoms with van der Waals surface area (Å²) >= 11 is 0. The fraction of sp³-hybridized carbons (Fsp3) is 0.900. The van der Waals surface area contributed by atoms with Gasteiger partial charge in [0.15, 0.2) is 0 Å². The van der Waals surface area contributed by atoms with Crippen molar-refractivity contribution in [2.45, 2.75) is 58.8 Å². The standard InChI is InChI=1S/C10H22N3O2P/c1-8(2)13(9(3)4)10(6-5-7-11)12-16(14)15/h8-10,12,14-15H,5-6H2,1-4H3. The zero-order chi connectivity index (χ0) is 12.7. The van der Waals surface area contributed by atoms with Gasteiger partial charge in [-0.3, -0.25) is 4.90 Å². The maximum absolute atomic E-state index is 9.03. The first-order valence-electron chi connectivity index (χ1n) is 5.48. The first-order valence-corrected chi connectivity index (χ1v) is 6.73. The molecule has 0 radical (unpaired) electrons. The topological polar surface area (TPSA) is 79.5 Å². The quantitative estimate of drug-likeness (QED) is 0.469. The number of hydrogen-bond acceptors (Lipinski definition) is 5. The van der Waals surface area contributed by atoms with Gasteiger partial charge in [0.05, 0.1) is 12.2 Å². The molecule has 3 N–H and O–H groups in total. The van der Waals surface area contributed by atoms with Crippen LogP contribution in [0.2, 0.25) is 0 Å². The van der Waals surface area contributed by atoms with Crippen LogP contribution in [-0.4, -0.2) is 32.9 Å². The maximum atomic E-state index is 9.03. The van der Waals surface area contributed by atoms with E-state index in [0.29, 0.717) is 12.8 Å². The molecule has 94 valence electrons. The number of hydrogen-bond donors (Lipinski definition) is 3. The Balaban J connectivity index is 4.61. The first kappa shape index (κ1) is 15.8. The Morgan fingerprint density at radius 2 is 1.75 bits per heavy atom. The van der Waals surface area contributed by atoms with Gasteiger partial charge >= 0.3 is 0 Å². The number of nitrogens with zero attached hydrogens (tertiary/aromatic N) is 2. The van der Waals surface area contributed by atoms with Gasteiger partial charge < -0.3 is 9.79 Å². The van der Waals surface area contributed by atoms with Crippen molar-refractivity contribution >= 4 is 8.53 Å². The molecule has 0 aromatic carbocycles. The molecule has 1 unspecified atom stereocenters. The Labute approximate surface area is 99.0 Å². The molecule has 5 nitrogen and oxygen atoms in total. The minimum Gasteiger partial charge on any atom is -0.338 e. The molecule has 0 spiro atoms. The van der Waals surface area contributed by atoms with E-state index in [4.69, 9.17) is 15.0 Å². The van der Waals surface area contributed by atoms with Gasteiger partial charge in [-0.1, -0.05) is 0 Å². The maximum Gasteiger partial charge on any atom is 0.251 e. The summed E-state index contributed by atoms with van der Waals surface area (Å²) in [5, 5.41) is 11.3.